The highest BCUT2D eigenvalue weighted by atomic mass is 79.9. The quantitative estimate of drug-likeness (QED) is 0.924. The summed E-state index contributed by atoms with van der Waals surface area (Å²) in [6.07, 6.45) is 1.29. The number of hydrogen-bond donors (Lipinski definition) is 1. The van der Waals surface area contributed by atoms with Gasteiger partial charge in [-0.15, -0.1) is 11.3 Å². The number of aryl methyl sites for hydroxylation is 1. The molecule has 2 rings (SSSR count). The van der Waals surface area contributed by atoms with E-state index < -0.39 is 15.8 Å². The van der Waals surface area contributed by atoms with E-state index in [0.29, 0.717) is 9.48 Å². The lowest BCUT2D eigenvalue weighted by molar-refractivity contribution is 0.602. The molecule has 2 aromatic rings. The van der Waals surface area contributed by atoms with Crippen molar-refractivity contribution in [1.82, 2.24) is 4.98 Å². The molecular formula is C10H8BrFN2O2S2. The van der Waals surface area contributed by atoms with Gasteiger partial charge in [-0.2, -0.15) is 0 Å². The van der Waals surface area contributed by atoms with Crippen LogP contribution in [0.5, 0.6) is 0 Å². The van der Waals surface area contributed by atoms with Crippen molar-refractivity contribution in [3.05, 3.63) is 39.7 Å². The first-order valence-corrected chi connectivity index (χ1v) is 7.88. The van der Waals surface area contributed by atoms with Gasteiger partial charge in [-0.3, -0.25) is 4.72 Å². The van der Waals surface area contributed by atoms with Crippen LogP contribution in [0.2, 0.25) is 0 Å². The Morgan fingerprint density at radius 2 is 2.17 bits per heavy atom. The highest BCUT2D eigenvalue weighted by Gasteiger charge is 2.18. The number of hydrogen-bond acceptors (Lipinski definition) is 4. The Morgan fingerprint density at radius 1 is 1.44 bits per heavy atom. The molecule has 0 aliphatic heterocycles. The summed E-state index contributed by atoms with van der Waals surface area (Å²) < 4.78 is 39.7. The lowest BCUT2D eigenvalue weighted by Gasteiger charge is -2.07. The topological polar surface area (TPSA) is 59.1 Å². The van der Waals surface area contributed by atoms with Crippen LogP contribution in [0.1, 0.15) is 5.01 Å². The normalized spacial score (nSPS) is 11.5. The fourth-order valence-electron chi connectivity index (χ4n) is 1.23. The molecule has 0 bridgehead atoms. The number of nitrogens with zero attached hydrogens (tertiary/aromatic N) is 1. The molecule has 0 saturated heterocycles. The van der Waals surface area contributed by atoms with Crippen molar-refractivity contribution in [2.75, 3.05) is 4.72 Å². The van der Waals surface area contributed by atoms with Gasteiger partial charge in [0.2, 0.25) is 0 Å². The van der Waals surface area contributed by atoms with Gasteiger partial charge in [-0.05, 0) is 41.1 Å². The molecule has 1 N–H and O–H groups in total. The summed E-state index contributed by atoms with van der Waals surface area (Å²) in [7, 11) is -3.67. The van der Waals surface area contributed by atoms with Gasteiger partial charge >= 0.3 is 0 Å². The average molecular weight is 351 g/mol. The SMILES string of the molecule is Cc1ncc(S(=O)(=O)Nc2ccc(F)cc2Br)s1. The minimum atomic E-state index is -3.67. The van der Waals surface area contributed by atoms with E-state index in [-0.39, 0.29) is 9.90 Å². The Bertz CT molecular complexity index is 685. The molecule has 0 saturated carbocycles. The van der Waals surface area contributed by atoms with Crippen LogP contribution in [-0.2, 0) is 10.0 Å². The molecule has 0 radical (unpaired) electrons. The van der Waals surface area contributed by atoms with Crippen molar-refractivity contribution < 1.29 is 12.8 Å². The van der Waals surface area contributed by atoms with Gasteiger partial charge in [0.15, 0.2) is 4.21 Å². The first-order valence-electron chi connectivity index (χ1n) is 4.79. The maximum absolute atomic E-state index is 12.9. The summed E-state index contributed by atoms with van der Waals surface area (Å²) in [4.78, 5) is 3.89. The summed E-state index contributed by atoms with van der Waals surface area (Å²) in [5, 5.41) is 0.661. The zero-order chi connectivity index (χ0) is 13.3. The highest BCUT2D eigenvalue weighted by molar-refractivity contribution is 9.10. The second kappa shape index (κ2) is 4.94. The first-order chi connectivity index (χ1) is 8.38. The Kier molecular flexibility index (Phi) is 3.69. The van der Waals surface area contributed by atoms with Crippen molar-refractivity contribution >= 4 is 43.0 Å². The van der Waals surface area contributed by atoms with E-state index in [1.807, 2.05) is 0 Å². The van der Waals surface area contributed by atoms with Crippen molar-refractivity contribution in [3.63, 3.8) is 0 Å². The largest absolute Gasteiger partial charge is 0.278 e. The number of nitrogens with one attached hydrogen (secondary N) is 1. The predicted molar refractivity (Wildman–Crippen MR) is 71.8 cm³/mol. The van der Waals surface area contributed by atoms with Crippen LogP contribution in [0, 0.1) is 12.7 Å². The molecule has 1 heterocycles. The van der Waals surface area contributed by atoms with E-state index in [2.05, 4.69) is 25.6 Å². The van der Waals surface area contributed by atoms with Gasteiger partial charge in [0.05, 0.1) is 16.9 Å². The van der Waals surface area contributed by atoms with Crippen molar-refractivity contribution in [3.8, 4) is 0 Å². The van der Waals surface area contributed by atoms with E-state index in [9.17, 15) is 12.8 Å². The molecule has 8 heteroatoms. The van der Waals surface area contributed by atoms with Crippen LogP contribution in [0.15, 0.2) is 33.1 Å². The third-order valence-corrected chi connectivity index (χ3v) is 5.44. The maximum atomic E-state index is 12.9. The number of thiazole rings is 1. The fraction of sp³-hybridized carbons (Fsp3) is 0.100. The Labute approximate surface area is 116 Å². The smallest absolute Gasteiger partial charge is 0.273 e. The summed E-state index contributed by atoms with van der Waals surface area (Å²) >= 11 is 4.17. The lowest BCUT2D eigenvalue weighted by Crippen LogP contribution is -2.11. The molecule has 0 spiro atoms. The Balaban J connectivity index is 2.33. The monoisotopic (exact) mass is 350 g/mol. The zero-order valence-corrected chi connectivity index (χ0v) is 12.4. The second-order valence-electron chi connectivity index (χ2n) is 3.43. The number of benzene rings is 1. The molecule has 18 heavy (non-hydrogen) atoms. The van der Waals surface area contributed by atoms with Crippen LogP contribution in [0.4, 0.5) is 10.1 Å². The van der Waals surface area contributed by atoms with Crippen molar-refractivity contribution in [2.45, 2.75) is 11.1 Å². The van der Waals surface area contributed by atoms with Gasteiger partial charge < -0.3 is 0 Å². The van der Waals surface area contributed by atoms with Gasteiger partial charge in [-0.25, -0.2) is 17.8 Å². The Hall–Kier alpha value is -0.990. The minimum Gasteiger partial charge on any atom is -0.278 e. The number of anilines is 1. The maximum Gasteiger partial charge on any atom is 0.273 e. The number of rotatable bonds is 3. The molecule has 0 aliphatic carbocycles. The average Bonchev–Trinajstić information content (AvgIpc) is 2.70. The summed E-state index contributed by atoms with van der Waals surface area (Å²) in [5.74, 6) is -0.446. The van der Waals surface area contributed by atoms with Gasteiger partial charge in [-0.1, -0.05) is 0 Å². The fourth-order valence-corrected chi connectivity index (χ4v) is 4.00. The van der Waals surface area contributed by atoms with E-state index >= 15 is 0 Å². The lowest BCUT2D eigenvalue weighted by atomic mass is 10.3. The van der Waals surface area contributed by atoms with Crippen molar-refractivity contribution in [2.24, 2.45) is 0 Å². The third kappa shape index (κ3) is 2.88. The van der Waals surface area contributed by atoms with Crippen LogP contribution in [0.25, 0.3) is 0 Å². The van der Waals surface area contributed by atoms with Crippen LogP contribution < -0.4 is 4.72 Å². The molecule has 0 aliphatic rings. The molecular weight excluding hydrogens is 343 g/mol. The highest BCUT2D eigenvalue weighted by Crippen LogP contribution is 2.27. The predicted octanol–water partition coefficient (Wildman–Crippen LogP) is 3.15. The minimum absolute atomic E-state index is 0.122. The van der Waals surface area contributed by atoms with E-state index in [1.165, 1.54) is 24.4 Å². The van der Waals surface area contributed by atoms with Crippen molar-refractivity contribution in [1.29, 1.82) is 0 Å². The van der Waals surface area contributed by atoms with E-state index in [1.54, 1.807) is 6.92 Å². The molecule has 0 fully saturated rings. The third-order valence-electron chi connectivity index (χ3n) is 2.04. The van der Waals surface area contributed by atoms with Crippen LogP contribution >= 0.6 is 27.3 Å². The molecule has 1 aromatic heterocycles. The van der Waals surface area contributed by atoms with Gasteiger partial charge in [0.25, 0.3) is 10.0 Å². The molecule has 0 amide bonds. The van der Waals surface area contributed by atoms with E-state index in [0.717, 1.165) is 11.3 Å². The van der Waals surface area contributed by atoms with Crippen LogP contribution in [-0.4, -0.2) is 13.4 Å². The number of sulfonamides is 1. The molecule has 1 aromatic carbocycles. The molecule has 0 atom stereocenters. The summed E-state index contributed by atoms with van der Waals surface area (Å²) in [6, 6.07) is 3.72. The number of aromatic nitrogens is 1. The standard InChI is InChI=1S/C10H8BrFN2O2S2/c1-6-13-5-10(17-6)18(15,16)14-9-3-2-7(12)4-8(9)11/h2-5,14H,1H3. The zero-order valence-electron chi connectivity index (χ0n) is 9.15. The van der Waals surface area contributed by atoms with E-state index in [4.69, 9.17) is 0 Å². The van der Waals surface area contributed by atoms with Gasteiger partial charge in [0.1, 0.15) is 5.82 Å². The van der Waals surface area contributed by atoms with Gasteiger partial charge in [0, 0.05) is 4.47 Å². The molecule has 4 nitrogen and oxygen atoms in total. The first kappa shape index (κ1) is 13.4. The molecule has 96 valence electrons. The number of halogens is 2. The second-order valence-corrected chi connectivity index (χ2v) is 7.43. The summed E-state index contributed by atoms with van der Waals surface area (Å²) in [6.45, 7) is 1.72. The Morgan fingerprint density at radius 3 is 2.72 bits per heavy atom. The summed E-state index contributed by atoms with van der Waals surface area (Å²) in [5.41, 5.74) is 0.280. The van der Waals surface area contributed by atoms with Crippen LogP contribution in [0.3, 0.4) is 0 Å². The molecule has 0 unspecified atom stereocenters.